The smallest absolute Gasteiger partial charge is 0.146 e. The predicted molar refractivity (Wildman–Crippen MR) is 44.2 cm³/mol. The standard InChI is InChI=1S/C9H10FNO/c10-8-2-1-5-3-6(12)4-7(5)9(8)11/h1-2,6,12H,3-4,11H2/t6-/m1/s1. The average Bonchev–Trinajstić information content (AvgIpc) is 2.39. The normalized spacial score (nSPS) is 21.0. The second-order valence-corrected chi connectivity index (χ2v) is 3.16. The summed E-state index contributed by atoms with van der Waals surface area (Å²) in [7, 11) is 0. The molecule has 1 atom stereocenters. The van der Waals surface area contributed by atoms with Gasteiger partial charge in [0.2, 0.25) is 0 Å². The first-order chi connectivity index (χ1) is 5.68. The Morgan fingerprint density at radius 1 is 1.42 bits per heavy atom. The molecule has 0 aromatic heterocycles. The first-order valence-corrected chi connectivity index (χ1v) is 3.92. The van der Waals surface area contributed by atoms with Crippen LogP contribution in [0.25, 0.3) is 0 Å². The van der Waals surface area contributed by atoms with Crippen molar-refractivity contribution in [3.05, 3.63) is 29.1 Å². The zero-order chi connectivity index (χ0) is 8.72. The van der Waals surface area contributed by atoms with Gasteiger partial charge in [-0.15, -0.1) is 0 Å². The van der Waals surface area contributed by atoms with Gasteiger partial charge in [-0.1, -0.05) is 6.07 Å². The van der Waals surface area contributed by atoms with Crippen LogP contribution in [0.1, 0.15) is 11.1 Å². The highest BCUT2D eigenvalue weighted by Crippen LogP contribution is 2.28. The SMILES string of the molecule is Nc1c(F)ccc2c1C[C@H](O)C2. The molecule has 1 aromatic rings. The molecule has 0 bridgehead atoms. The zero-order valence-corrected chi connectivity index (χ0v) is 6.55. The number of hydrogen-bond acceptors (Lipinski definition) is 2. The molecule has 3 N–H and O–H groups in total. The lowest BCUT2D eigenvalue weighted by atomic mass is 10.1. The van der Waals surface area contributed by atoms with E-state index in [1.54, 1.807) is 6.07 Å². The van der Waals surface area contributed by atoms with Crippen molar-refractivity contribution in [1.82, 2.24) is 0 Å². The molecule has 12 heavy (non-hydrogen) atoms. The maximum atomic E-state index is 12.9. The minimum absolute atomic E-state index is 0.198. The quantitative estimate of drug-likeness (QED) is 0.563. The van der Waals surface area contributed by atoms with Crippen LogP contribution < -0.4 is 5.73 Å². The van der Waals surface area contributed by atoms with Gasteiger partial charge < -0.3 is 10.8 Å². The summed E-state index contributed by atoms with van der Waals surface area (Å²) in [4.78, 5) is 0. The van der Waals surface area contributed by atoms with Crippen molar-refractivity contribution in [3.63, 3.8) is 0 Å². The molecule has 0 radical (unpaired) electrons. The fraction of sp³-hybridized carbons (Fsp3) is 0.333. The highest BCUT2D eigenvalue weighted by atomic mass is 19.1. The minimum Gasteiger partial charge on any atom is -0.396 e. The van der Waals surface area contributed by atoms with E-state index in [0.29, 0.717) is 12.8 Å². The van der Waals surface area contributed by atoms with E-state index in [4.69, 9.17) is 5.73 Å². The van der Waals surface area contributed by atoms with Crippen LogP contribution in [0.15, 0.2) is 12.1 Å². The Balaban J connectivity index is 2.54. The molecule has 2 rings (SSSR count). The second kappa shape index (κ2) is 2.45. The fourth-order valence-electron chi connectivity index (χ4n) is 1.68. The lowest BCUT2D eigenvalue weighted by molar-refractivity contribution is 0.187. The van der Waals surface area contributed by atoms with Gasteiger partial charge >= 0.3 is 0 Å². The van der Waals surface area contributed by atoms with Gasteiger partial charge in [0.1, 0.15) is 5.82 Å². The van der Waals surface area contributed by atoms with Gasteiger partial charge in [0.15, 0.2) is 0 Å². The van der Waals surface area contributed by atoms with Crippen LogP contribution in [0.5, 0.6) is 0 Å². The van der Waals surface area contributed by atoms with Gasteiger partial charge in [-0.2, -0.15) is 0 Å². The Labute approximate surface area is 69.8 Å². The number of fused-ring (bicyclic) bond motifs is 1. The maximum Gasteiger partial charge on any atom is 0.146 e. The molecule has 0 amide bonds. The van der Waals surface area contributed by atoms with Crippen molar-refractivity contribution >= 4 is 5.69 Å². The highest BCUT2D eigenvalue weighted by molar-refractivity contribution is 5.54. The van der Waals surface area contributed by atoms with Crippen molar-refractivity contribution in [2.45, 2.75) is 18.9 Å². The summed E-state index contributed by atoms with van der Waals surface area (Å²) in [6, 6.07) is 3.05. The van der Waals surface area contributed by atoms with Crippen LogP contribution in [0, 0.1) is 5.82 Å². The second-order valence-electron chi connectivity index (χ2n) is 3.16. The number of anilines is 1. The molecule has 0 saturated heterocycles. The Morgan fingerprint density at radius 2 is 2.17 bits per heavy atom. The molecule has 2 nitrogen and oxygen atoms in total. The van der Waals surface area contributed by atoms with E-state index in [0.717, 1.165) is 11.1 Å². The number of benzene rings is 1. The predicted octanol–water partition coefficient (Wildman–Crippen LogP) is 0.867. The summed E-state index contributed by atoms with van der Waals surface area (Å²) < 4.78 is 12.9. The molecular formula is C9H10FNO. The molecule has 0 aliphatic heterocycles. The molecule has 0 fully saturated rings. The van der Waals surface area contributed by atoms with Crippen LogP contribution in [-0.4, -0.2) is 11.2 Å². The topological polar surface area (TPSA) is 46.2 Å². The van der Waals surface area contributed by atoms with Gasteiger partial charge in [-0.05, 0) is 23.6 Å². The molecular weight excluding hydrogens is 157 g/mol. The molecule has 0 unspecified atom stereocenters. The summed E-state index contributed by atoms with van der Waals surface area (Å²) in [6.07, 6.45) is 0.697. The Hall–Kier alpha value is -1.09. The maximum absolute atomic E-state index is 12.9. The van der Waals surface area contributed by atoms with Gasteiger partial charge in [0, 0.05) is 6.42 Å². The van der Waals surface area contributed by atoms with Gasteiger partial charge in [-0.3, -0.25) is 0 Å². The monoisotopic (exact) mass is 167 g/mol. The third-order valence-corrected chi connectivity index (χ3v) is 2.30. The lowest BCUT2D eigenvalue weighted by Crippen LogP contribution is -2.04. The zero-order valence-electron chi connectivity index (χ0n) is 6.55. The first kappa shape index (κ1) is 7.55. The summed E-state index contributed by atoms with van der Waals surface area (Å²) in [5.41, 5.74) is 7.46. The summed E-state index contributed by atoms with van der Waals surface area (Å²) in [5.74, 6) is -0.386. The van der Waals surface area contributed by atoms with Crippen LogP contribution >= 0.6 is 0 Å². The van der Waals surface area contributed by atoms with Gasteiger partial charge in [0.25, 0.3) is 0 Å². The third kappa shape index (κ3) is 0.975. The van der Waals surface area contributed by atoms with E-state index in [9.17, 15) is 9.50 Å². The molecule has 0 saturated carbocycles. The highest BCUT2D eigenvalue weighted by Gasteiger charge is 2.22. The van der Waals surface area contributed by atoms with Crippen LogP contribution in [0.2, 0.25) is 0 Å². The fourth-order valence-corrected chi connectivity index (χ4v) is 1.68. The van der Waals surface area contributed by atoms with Crippen molar-refractivity contribution in [2.24, 2.45) is 0 Å². The van der Waals surface area contributed by atoms with Gasteiger partial charge in [-0.25, -0.2) is 4.39 Å². The van der Waals surface area contributed by atoms with E-state index >= 15 is 0 Å². The molecule has 64 valence electrons. The summed E-state index contributed by atoms with van der Waals surface area (Å²) in [6.45, 7) is 0. The van der Waals surface area contributed by atoms with Gasteiger partial charge in [0.05, 0.1) is 11.8 Å². The largest absolute Gasteiger partial charge is 0.396 e. The van der Waals surface area contributed by atoms with E-state index in [2.05, 4.69) is 0 Å². The molecule has 1 aliphatic carbocycles. The number of nitrogens with two attached hydrogens (primary N) is 1. The number of halogens is 1. The Morgan fingerprint density at radius 3 is 2.92 bits per heavy atom. The third-order valence-electron chi connectivity index (χ3n) is 2.30. The number of nitrogen functional groups attached to an aromatic ring is 1. The van der Waals surface area contributed by atoms with Crippen molar-refractivity contribution in [3.8, 4) is 0 Å². The van der Waals surface area contributed by atoms with Crippen molar-refractivity contribution in [2.75, 3.05) is 5.73 Å². The van der Waals surface area contributed by atoms with E-state index in [-0.39, 0.29) is 17.6 Å². The number of aliphatic hydroxyl groups excluding tert-OH is 1. The number of rotatable bonds is 0. The molecule has 0 heterocycles. The van der Waals surface area contributed by atoms with E-state index in [1.165, 1.54) is 6.07 Å². The van der Waals surface area contributed by atoms with Crippen molar-refractivity contribution in [1.29, 1.82) is 0 Å². The molecule has 0 spiro atoms. The minimum atomic E-state index is -0.386. The van der Waals surface area contributed by atoms with Crippen molar-refractivity contribution < 1.29 is 9.50 Å². The van der Waals surface area contributed by atoms with Crippen LogP contribution in [-0.2, 0) is 12.8 Å². The summed E-state index contributed by atoms with van der Waals surface area (Å²) in [5, 5.41) is 9.29. The average molecular weight is 167 g/mol. The lowest BCUT2D eigenvalue weighted by Gasteiger charge is -2.03. The first-order valence-electron chi connectivity index (χ1n) is 3.92. The molecule has 1 aliphatic rings. The van der Waals surface area contributed by atoms with E-state index < -0.39 is 0 Å². The number of hydrogen-bond donors (Lipinski definition) is 2. The number of aliphatic hydroxyl groups is 1. The van der Waals surface area contributed by atoms with Crippen LogP contribution in [0.4, 0.5) is 10.1 Å². The molecule has 3 heteroatoms. The molecule has 1 aromatic carbocycles. The summed E-state index contributed by atoms with van der Waals surface area (Å²) >= 11 is 0. The Kier molecular flexibility index (Phi) is 1.54. The van der Waals surface area contributed by atoms with Crippen LogP contribution in [0.3, 0.4) is 0 Å². The van der Waals surface area contributed by atoms with E-state index in [1.807, 2.05) is 0 Å². The Bertz CT molecular complexity index is 325.